The second-order valence-corrected chi connectivity index (χ2v) is 7.75. The zero-order valence-corrected chi connectivity index (χ0v) is 18.9. The summed E-state index contributed by atoms with van der Waals surface area (Å²) in [6.45, 7) is 8.44. The molecule has 0 atom stereocenters. The average molecular weight is 466 g/mol. The van der Waals surface area contributed by atoms with E-state index in [1.807, 2.05) is 0 Å². The number of ether oxygens (including phenoxy) is 1. The van der Waals surface area contributed by atoms with Crippen molar-refractivity contribution in [3.05, 3.63) is 45.2 Å². The van der Waals surface area contributed by atoms with Crippen molar-refractivity contribution in [2.24, 2.45) is 0 Å². The molecular formula is C19H27N7O5S. The number of nitrogens with one attached hydrogen (secondary N) is 3. The highest BCUT2D eigenvalue weighted by molar-refractivity contribution is 7.80. The topological polar surface area (TPSA) is 140 Å². The molecule has 13 heteroatoms. The summed E-state index contributed by atoms with van der Waals surface area (Å²) in [4.78, 5) is 25.3. The van der Waals surface area contributed by atoms with Crippen LogP contribution >= 0.6 is 12.2 Å². The maximum atomic E-state index is 12.3. The molecule has 0 aliphatic carbocycles. The molecule has 1 aliphatic rings. The Morgan fingerprint density at radius 1 is 1.28 bits per heavy atom. The lowest BCUT2D eigenvalue weighted by Gasteiger charge is -2.26. The van der Waals surface area contributed by atoms with Gasteiger partial charge in [0.2, 0.25) is 0 Å². The Kier molecular flexibility index (Phi) is 8.14. The highest BCUT2D eigenvalue weighted by Crippen LogP contribution is 2.22. The van der Waals surface area contributed by atoms with Gasteiger partial charge in [0, 0.05) is 19.6 Å². The molecule has 0 saturated carbocycles. The van der Waals surface area contributed by atoms with Gasteiger partial charge in [0.1, 0.15) is 17.1 Å². The van der Waals surface area contributed by atoms with Crippen molar-refractivity contribution in [2.75, 3.05) is 39.4 Å². The van der Waals surface area contributed by atoms with Crippen LogP contribution in [0.3, 0.4) is 0 Å². The molecule has 0 radical (unpaired) electrons. The standard InChI is InChI=1S/C19H27N7O5S/c1-13-17(26(28)29)14(2)25(23-13)12-15-4-5-16(31-15)18(27)21-22-19(32)20-6-3-7-24-8-10-30-11-9-24/h4-5H,3,6-12H2,1-2H3,(H,21,27)(H2,20,22,32). The zero-order valence-electron chi connectivity index (χ0n) is 18.0. The molecule has 0 unspecified atom stereocenters. The van der Waals surface area contributed by atoms with Gasteiger partial charge in [0.05, 0.1) is 24.7 Å². The number of aryl methyl sites for hydroxylation is 1. The van der Waals surface area contributed by atoms with Gasteiger partial charge in [-0.15, -0.1) is 0 Å². The lowest BCUT2D eigenvalue weighted by atomic mass is 10.3. The Labute approximate surface area is 190 Å². The summed E-state index contributed by atoms with van der Waals surface area (Å²) in [6, 6.07) is 3.14. The van der Waals surface area contributed by atoms with Crippen LogP contribution in [0.15, 0.2) is 16.5 Å². The molecule has 12 nitrogen and oxygen atoms in total. The first-order valence-electron chi connectivity index (χ1n) is 10.3. The molecule has 2 aromatic rings. The van der Waals surface area contributed by atoms with E-state index in [0.29, 0.717) is 28.8 Å². The van der Waals surface area contributed by atoms with E-state index < -0.39 is 10.8 Å². The number of nitro groups is 1. The molecular weight excluding hydrogens is 438 g/mol. The van der Waals surface area contributed by atoms with E-state index in [4.69, 9.17) is 21.4 Å². The van der Waals surface area contributed by atoms with Gasteiger partial charge in [0.15, 0.2) is 10.9 Å². The maximum Gasteiger partial charge on any atom is 0.312 e. The Hall–Kier alpha value is -3.03. The minimum absolute atomic E-state index is 0.0234. The number of carbonyl (C=O) groups is 1. The fourth-order valence-corrected chi connectivity index (χ4v) is 3.54. The summed E-state index contributed by atoms with van der Waals surface area (Å²) in [6.07, 6.45) is 0.918. The normalized spacial score (nSPS) is 14.2. The number of hydrogen-bond donors (Lipinski definition) is 3. The third kappa shape index (κ3) is 6.24. The van der Waals surface area contributed by atoms with E-state index >= 15 is 0 Å². The SMILES string of the molecule is Cc1nn(Cc2ccc(C(=O)NNC(=S)NCCCN3CCOCC3)o2)c(C)c1[N+](=O)[O-]. The van der Waals surface area contributed by atoms with Gasteiger partial charge >= 0.3 is 11.6 Å². The molecule has 1 amide bonds. The molecule has 0 bridgehead atoms. The van der Waals surface area contributed by atoms with Crippen LogP contribution in [0.2, 0.25) is 0 Å². The van der Waals surface area contributed by atoms with Crippen LogP contribution in [-0.4, -0.2) is 70.0 Å². The van der Waals surface area contributed by atoms with Gasteiger partial charge in [0.25, 0.3) is 0 Å². The number of furan rings is 1. The van der Waals surface area contributed by atoms with Crippen molar-refractivity contribution in [2.45, 2.75) is 26.8 Å². The smallest absolute Gasteiger partial charge is 0.312 e. The lowest BCUT2D eigenvalue weighted by Crippen LogP contribution is -2.47. The summed E-state index contributed by atoms with van der Waals surface area (Å²) in [5.41, 5.74) is 5.85. The van der Waals surface area contributed by atoms with Crippen LogP contribution < -0.4 is 16.2 Å². The van der Waals surface area contributed by atoms with Crippen LogP contribution in [0, 0.1) is 24.0 Å². The highest BCUT2D eigenvalue weighted by atomic mass is 32.1. The Bertz CT molecular complexity index is 967. The number of nitrogens with zero attached hydrogens (tertiary/aromatic N) is 4. The van der Waals surface area contributed by atoms with Crippen LogP contribution in [0.1, 0.15) is 34.1 Å². The van der Waals surface area contributed by atoms with Crippen LogP contribution in [0.25, 0.3) is 0 Å². The van der Waals surface area contributed by atoms with E-state index in [1.165, 1.54) is 10.7 Å². The van der Waals surface area contributed by atoms with Crippen molar-refractivity contribution in [1.82, 2.24) is 30.8 Å². The fraction of sp³-hybridized carbons (Fsp3) is 0.526. The molecule has 0 spiro atoms. The van der Waals surface area contributed by atoms with Crippen molar-refractivity contribution >= 4 is 28.9 Å². The third-order valence-corrected chi connectivity index (χ3v) is 5.29. The quantitative estimate of drug-likeness (QED) is 0.223. The molecule has 174 valence electrons. The number of rotatable bonds is 8. The van der Waals surface area contributed by atoms with Gasteiger partial charge in [-0.2, -0.15) is 5.10 Å². The molecule has 32 heavy (non-hydrogen) atoms. The predicted molar refractivity (Wildman–Crippen MR) is 119 cm³/mol. The molecule has 1 fully saturated rings. The lowest BCUT2D eigenvalue weighted by molar-refractivity contribution is -0.386. The van der Waals surface area contributed by atoms with E-state index in [1.54, 1.807) is 19.9 Å². The van der Waals surface area contributed by atoms with Crippen molar-refractivity contribution in [3.63, 3.8) is 0 Å². The van der Waals surface area contributed by atoms with Gasteiger partial charge < -0.3 is 14.5 Å². The zero-order chi connectivity index (χ0) is 23.1. The second kappa shape index (κ2) is 11.0. The van der Waals surface area contributed by atoms with Crippen molar-refractivity contribution in [3.8, 4) is 0 Å². The van der Waals surface area contributed by atoms with Gasteiger partial charge in [-0.1, -0.05) is 0 Å². The first-order valence-corrected chi connectivity index (χ1v) is 10.7. The Morgan fingerprint density at radius 3 is 2.72 bits per heavy atom. The number of aromatic nitrogens is 2. The van der Waals surface area contributed by atoms with Gasteiger partial charge in [-0.25, -0.2) is 0 Å². The molecule has 0 aromatic carbocycles. The molecule has 3 N–H and O–H groups in total. The maximum absolute atomic E-state index is 12.3. The van der Waals surface area contributed by atoms with Crippen molar-refractivity contribution < 1.29 is 18.9 Å². The number of carbonyl (C=O) groups excluding carboxylic acids is 1. The molecule has 1 aliphatic heterocycles. The number of amides is 1. The fourth-order valence-electron chi connectivity index (χ4n) is 3.39. The second-order valence-electron chi connectivity index (χ2n) is 7.34. The Morgan fingerprint density at radius 2 is 2.03 bits per heavy atom. The first kappa shape index (κ1) is 23.6. The highest BCUT2D eigenvalue weighted by Gasteiger charge is 2.22. The number of hydrogen-bond acceptors (Lipinski definition) is 8. The van der Waals surface area contributed by atoms with Crippen LogP contribution in [0.5, 0.6) is 0 Å². The third-order valence-electron chi connectivity index (χ3n) is 5.05. The molecule has 3 rings (SSSR count). The van der Waals surface area contributed by atoms with E-state index in [9.17, 15) is 14.9 Å². The van der Waals surface area contributed by atoms with Crippen LogP contribution in [-0.2, 0) is 11.3 Å². The summed E-state index contributed by atoms with van der Waals surface area (Å²) < 4.78 is 12.3. The van der Waals surface area contributed by atoms with Gasteiger partial charge in [-0.05, 0) is 51.2 Å². The molecule has 1 saturated heterocycles. The van der Waals surface area contributed by atoms with E-state index in [-0.39, 0.29) is 18.0 Å². The molecule has 3 heterocycles. The summed E-state index contributed by atoms with van der Waals surface area (Å²) >= 11 is 5.17. The summed E-state index contributed by atoms with van der Waals surface area (Å²) in [5, 5.41) is 18.7. The first-order chi connectivity index (χ1) is 15.3. The van der Waals surface area contributed by atoms with E-state index in [0.717, 1.165) is 39.3 Å². The minimum atomic E-state index is -0.493. The van der Waals surface area contributed by atoms with Crippen molar-refractivity contribution in [1.29, 1.82) is 0 Å². The van der Waals surface area contributed by atoms with Crippen LogP contribution in [0.4, 0.5) is 5.69 Å². The summed E-state index contributed by atoms with van der Waals surface area (Å²) in [7, 11) is 0. The largest absolute Gasteiger partial charge is 0.454 e. The Balaban J connectivity index is 1.41. The van der Waals surface area contributed by atoms with Gasteiger partial charge in [-0.3, -0.25) is 35.3 Å². The number of thiocarbonyl (C=S) groups is 1. The average Bonchev–Trinajstić information content (AvgIpc) is 3.34. The number of morpholine rings is 1. The number of hydrazine groups is 1. The summed E-state index contributed by atoms with van der Waals surface area (Å²) in [5.74, 6) is 0.0335. The minimum Gasteiger partial charge on any atom is -0.454 e. The predicted octanol–water partition coefficient (Wildman–Crippen LogP) is 0.881. The van der Waals surface area contributed by atoms with E-state index in [2.05, 4.69) is 26.2 Å². The monoisotopic (exact) mass is 465 g/mol. The molecule has 2 aromatic heterocycles.